The van der Waals surface area contributed by atoms with Crippen LogP contribution in [0.1, 0.15) is 78.1 Å². The molecule has 128 valence electrons. The maximum Gasteiger partial charge on any atom is 0.466 e. The quantitative estimate of drug-likeness (QED) is 0.264. The van der Waals surface area contributed by atoms with E-state index >= 15 is 0 Å². The van der Waals surface area contributed by atoms with Crippen LogP contribution < -0.4 is 0 Å². The van der Waals surface area contributed by atoms with Gasteiger partial charge in [-0.15, -0.1) is 0 Å². The van der Waals surface area contributed by atoms with E-state index in [1.165, 1.54) is 75.0 Å². The van der Waals surface area contributed by atoms with E-state index in [2.05, 4.69) is 13.8 Å². The summed E-state index contributed by atoms with van der Waals surface area (Å²) in [5.74, 6) is 0. The minimum absolute atomic E-state index is 1.37. The van der Waals surface area contributed by atoms with Crippen LogP contribution in [-0.4, -0.2) is 14.7 Å². The average Bonchev–Trinajstić information content (AvgIpc) is 2.34. The molecule has 0 aliphatic carbocycles. The van der Waals surface area contributed by atoms with Gasteiger partial charge in [0.25, 0.3) is 0 Å². The molecule has 0 radical (unpaired) electrons. The van der Waals surface area contributed by atoms with Crippen LogP contribution in [0.2, 0.25) is 10.8 Å². The second kappa shape index (κ2) is 17.7. The smallest absolute Gasteiger partial charge is 0.303 e. The fourth-order valence-electron chi connectivity index (χ4n) is 1.60. The second-order valence-electron chi connectivity index (χ2n) is 4.82. The SMILES string of the molecule is CCCCCC[CH2][Ni][CH2]CCCCCC.O=P(O)(O)O. The van der Waals surface area contributed by atoms with Gasteiger partial charge in [-0.05, 0) is 0 Å². The Kier molecular flexibility index (Phi) is 20.2. The molecule has 0 heterocycles. The number of hydrogen-bond acceptors (Lipinski definition) is 1. The summed E-state index contributed by atoms with van der Waals surface area (Å²) >= 11 is 2.00. The molecule has 0 saturated carbocycles. The van der Waals surface area contributed by atoms with Crippen LogP contribution in [-0.2, 0) is 19.0 Å². The predicted molar refractivity (Wildman–Crippen MR) is 81.4 cm³/mol. The maximum atomic E-state index is 8.88. The summed E-state index contributed by atoms with van der Waals surface area (Å²) in [5.41, 5.74) is 0. The van der Waals surface area contributed by atoms with E-state index in [1.54, 1.807) is 0 Å². The van der Waals surface area contributed by atoms with Gasteiger partial charge in [-0.1, -0.05) is 0 Å². The van der Waals surface area contributed by atoms with Crippen LogP contribution in [0.15, 0.2) is 0 Å². The Morgan fingerprint density at radius 2 is 1.00 bits per heavy atom. The van der Waals surface area contributed by atoms with Crippen LogP contribution >= 0.6 is 7.82 Å². The summed E-state index contributed by atoms with van der Waals surface area (Å²) < 4.78 is 8.88. The van der Waals surface area contributed by atoms with Crippen molar-refractivity contribution < 1.29 is 33.7 Å². The third kappa shape index (κ3) is 36.3. The molecule has 0 spiro atoms. The number of hydrogen-bond donors (Lipinski definition) is 3. The molecule has 0 atom stereocenters. The molecule has 4 nitrogen and oxygen atoms in total. The van der Waals surface area contributed by atoms with Crippen LogP contribution in [0, 0.1) is 0 Å². The first-order valence-corrected chi connectivity index (χ1v) is 10.6. The fraction of sp³-hybridized carbons (Fsp3) is 1.00. The average molecular weight is 355 g/mol. The van der Waals surface area contributed by atoms with Crippen LogP contribution in [0.3, 0.4) is 0 Å². The van der Waals surface area contributed by atoms with Crippen LogP contribution in [0.4, 0.5) is 0 Å². The monoisotopic (exact) mass is 354 g/mol. The fourth-order valence-corrected chi connectivity index (χ4v) is 2.84. The summed E-state index contributed by atoms with van der Waals surface area (Å²) in [5, 5.41) is 2.84. The Bertz CT molecular complexity index is 201. The second-order valence-corrected chi connectivity index (χ2v) is 7.32. The molecule has 0 aliphatic rings. The summed E-state index contributed by atoms with van der Waals surface area (Å²) in [6.45, 7) is 4.57. The zero-order valence-corrected chi connectivity index (χ0v) is 14.9. The number of rotatable bonds is 12. The van der Waals surface area contributed by atoms with E-state index in [0.29, 0.717) is 0 Å². The third-order valence-corrected chi connectivity index (χ3v) is 4.05. The van der Waals surface area contributed by atoms with Gasteiger partial charge in [0.15, 0.2) is 0 Å². The van der Waals surface area contributed by atoms with E-state index in [4.69, 9.17) is 19.2 Å². The Hall–Kier alpha value is 0.604. The largest absolute Gasteiger partial charge is 0.466 e. The molecule has 0 aliphatic heterocycles. The summed E-state index contributed by atoms with van der Waals surface area (Å²) in [6.07, 6.45) is 14.3. The van der Waals surface area contributed by atoms with Crippen LogP contribution in [0.5, 0.6) is 0 Å². The normalized spacial score (nSPS) is 11.2. The Morgan fingerprint density at radius 3 is 1.30 bits per heavy atom. The van der Waals surface area contributed by atoms with Crippen molar-refractivity contribution in [2.75, 3.05) is 0 Å². The van der Waals surface area contributed by atoms with Crippen molar-refractivity contribution in [3.05, 3.63) is 0 Å². The molecule has 0 bridgehead atoms. The van der Waals surface area contributed by atoms with E-state index < -0.39 is 7.82 Å². The van der Waals surface area contributed by atoms with E-state index in [1.807, 2.05) is 14.4 Å². The van der Waals surface area contributed by atoms with Crippen LogP contribution in [0.25, 0.3) is 0 Å². The maximum absolute atomic E-state index is 8.88. The number of phosphoric acid groups is 1. The first kappa shape index (κ1) is 22.9. The first-order valence-electron chi connectivity index (χ1n) is 7.64. The topological polar surface area (TPSA) is 77.8 Å². The molecular weight excluding hydrogens is 322 g/mol. The van der Waals surface area contributed by atoms with E-state index in [-0.39, 0.29) is 0 Å². The van der Waals surface area contributed by atoms with Crippen molar-refractivity contribution >= 4 is 7.82 Å². The standard InChI is InChI=1S/2C7H15.Ni.H3O4P/c2*1-3-5-7-6-4-2;;1-5(2,3)4/h2*1,3-7H2,2H3;;(H3,1,2,3,4). The van der Waals surface area contributed by atoms with Gasteiger partial charge >= 0.3 is 111 Å². The van der Waals surface area contributed by atoms with E-state index in [9.17, 15) is 0 Å². The van der Waals surface area contributed by atoms with Gasteiger partial charge in [0.1, 0.15) is 0 Å². The Labute approximate surface area is 130 Å². The van der Waals surface area contributed by atoms with Gasteiger partial charge in [-0.25, -0.2) is 4.57 Å². The van der Waals surface area contributed by atoms with Crippen molar-refractivity contribution in [3.63, 3.8) is 0 Å². The molecule has 0 aromatic rings. The third-order valence-electron chi connectivity index (χ3n) is 2.65. The van der Waals surface area contributed by atoms with Crippen molar-refractivity contribution in [1.29, 1.82) is 0 Å². The molecule has 6 heteroatoms. The molecule has 0 amide bonds. The van der Waals surface area contributed by atoms with Gasteiger partial charge in [-0.3, -0.25) is 0 Å². The van der Waals surface area contributed by atoms with Crippen molar-refractivity contribution in [1.82, 2.24) is 0 Å². The van der Waals surface area contributed by atoms with Crippen molar-refractivity contribution in [2.45, 2.75) is 88.8 Å². The molecular formula is C14H33NiO4P. The first-order chi connectivity index (χ1) is 9.41. The molecule has 0 aromatic heterocycles. The number of unbranched alkanes of at least 4 members (excludes halogenated alkanes) is 8. The predicted octanol–water partition coefficient (Wildman–Crippen LogP) is 4.92. The van der Waals surface area contributed by atoms with Gasteiger partial charge in [0.2, 0.25) is 0 Å². The molecule has 0 saturated heterocycles. The molecule has 0 rings (SSSR count). The van der Waals surface area contributed by atoms with Crippen molar-refractivity contribution in [2.24, 2.45) is 0 Å². The molecule has 0 unspecified atom stereocenters. The minimum atomic E-state index is -4.64. The Morgan fingerprint density at radius 1 is 0.700 bits per heavy atom. The van der Waals surface area contributed by atoms with E-state index in [0.717, 1.165) is 0 Å². The summed E-state index contributed by atoms with van der Waals surface area (Å²) in [7, 11) is -4.64. The summed E-state index contributed by atoms with van der Waals surface area (Å²) in [4.78, 5) is 21.6. The molecule has 20 heavy (non-hydrogen) atoms. The van der Waals surface area contributed by atoms with Crippen molar-refractivity contribution in [3.8, 4) is 0 Å². The molecule has 0 aromatic carbocycles. The molecule has 3 N–H and O–H groups in total. The van der Waals surface area contributed by atoms with Gasteiger partial charge in [0.05, 0.1) is 0 Å². The minimum Gasteiger partial charge on any atom is -0.303 e. The zero-order chi connectivity index (χ0) is 15.7. The summed E-state index contributed by atoms with van der Waals surface area (Å²) in [6, 6.07) is 0. The van der Waals surface area contributed by atoms with Gasteiger partial charge in [0, 0.05) is 0 Å². The molecule has 0 fully saturated rings. The van der Waals surface area contributed by atoms with Gasteiger partial charge in [-0.2, -0.15) is 0 Å². The Balaban J connectivity index is 0. The van der Waals surface area contributed by atoms with Gasteiger partial charge < -0.3 is 14.7 Å². The zero-order valence-electron chi connectivity index (χ0n) is 13.0.